The zero-order valence-electron chi connectivity index (χ0n) is 9.51. The number of halogens is 3. The van der Waals surface area contributed by atoms with E-state index in [1.807, 2.05) is 0 Å². The molecule has 1 aromatic carbocycles. The predicted molar refractivity (Wildman–Crippen MR) is 56.4 cm³/mol. The minimum absolute atomic E-state index is 0.154. The van der Waals surface area contributed by atoms with Gasteiger partial charge >= 0.3 is 6.18 Å². The molecular formula is C12H13F3O2. The van der Waals surface area contributed by atoms with Crippen LogP contribution in [-0.2, 0) is 16.6 Å². The highest BCUT2D eigenvalue weighted by Gasteiger charge is 2.32. The summed E-state index contributed by atoms with van der Waals surface area (Å²) in [6, 6.07) is 3.08. The van der Waals surface area contributed by atoms with Crippen LogP contribution < -0.4 is 0 Å². The van der Waals surface area contributed by atoms with Gasteiger partial charge in [0.2, 0.25) is 0 Å². The van der Waals surface area contributed by atoms with Gasteiger partial charge in [0.05, 0.1) is 11.2 Å². The number of aliphatic hydroxyl groups is 1. The standard InChI is InChI=1S/C12H13F3O2/c1-8-7-9(12(13,14)15)3-4-10(8)11(2,17)5-6-16/h3-4,6-7,17H,5H2,1-2H3. The Morgan fingerprint density at radius 1 is 1.35 bits per heavy atom. The highest BCUT2D eigenvalue weighted by molar-refractivity contribution is 5.53. The van der Waals surface area contributed by atoms with E-state index in [1.165, 1.54) is 19.9 Å². The SMILES string of the molecule is Cc1cc(C(F)(F)F)ccc1C(C)(O)CC=O. The van der Waals surface area contributed by atoms with E-state index >= 15 is 0 Å². The molecule has 0 aromatic heterocycles. The maximum atomic E-state index is 12.4. The maximum Gasteiger partial charge on any atom is 0.416 e. The van der Waals surface area contributed by atoms with E-state index in [9.17, 15) is 23.1 Å². The van der Waals surface area contributed by atoms with Crippen molar-refractivity contribution in [1.29, 1.82) is 0 Å². The fraction of sp³-hybridized carbons (Fsp3) is 0.417. The Morgan fingerprint density at radius 3 is 2.35 bits per heavy atom. The quantitative estimate of drug-likeness (QED) is 0.833. The summed E-state index contributed by atoms with van der Waals surface area (Å²) in [5, 5.41) is 9.95. The molecule has 94 valence electrons. The highest BCUT2D eigenvalue weighted by atomic mass is 19.4. The average molecular weight is 246 g/mol. The van der Waals surface area contributed by atoms with E-state index in [0.717, 1.165) is 12.1 Å². The second-order valence-electron chi connectivity index (χ2n) is 4.17. The first-order valence-corrected chi connectivity index (χ1v) is 5.03. The molecule has 0 bridgehead atoms. The van der Waals surface area contributed by atoms with Gasteiger partial charge in [0.15, 0.2) is 0 Å². The van der Waals surface area contributed by atoms with Crippen molar-refractivity contribution in [2.45, 2.75) is 32.0 Å². The number of alkyl halides is 3. The molecule has 1 N–H and O–H groups in total. The number of rotatable bonds is 3. The van der Waals surface area contributed by atoms with Crippen LogP contribution in [0.15, 0.2) is 18.2 Å². The summed E-state index contributed by atoms with van der Waals surface area (Å²) >= 11 is 0. The third-order valence-corrected chi connectivity index (χ3v) is 2.61. The van der Waals surface area contributed by atoms with Gasteiger partial charge in [-0.3, -0.25) is 0 Å². The molecule has 0 amide bonds. The molecule has 0 aliphatic rings. The predicted octanol–water partition coefficient (Wildman–Crippen LogP) is 2.81. The van der Waals surface area contributed by atoms with Crippen molar-refractivity contribution >= 4 is 6.29 Å². The Hall–Kier alpha value is -1.36. The average Bonchev–Trinajstić information content (AvgIpc) is 2.15. The third kappa shape index (κ3) is 3.06. The normalized spacial score (nSPS) is 15.4. The minimum atomic E-state index is -4.40. The molecule has 5 heteroatoms. The molecule has 0 saturated heterocycles. The second-order valence-corrected chi connectivity index (χ2v) is 4.17. The molecule has 0 radical (unpaired) electrons. The van der Waals surface area contributed by atoms with Crippen molar-refractivity contribution < 1.29 is 23.1 Å². The molecule has 0 heterocycles. The summed E-state index contributed by atoms with van der Waals surface area (Å²) in [6.45, 7) is 2.88. The fourth-order valence-electron chi connectivity index (χ4n) is 1.72. The van der Waals surface area contributed by atoms with E-state index in [4.69, 9.17) is 0 Å². The van der Waals surface area contributed by atoms with Gasteiger partial charge in [0.1, 0.15) is 6.29 Å². The van der Waals surface area contributed by atoms with Gasteiger partial charge in [-0.25, -0.2) is 0 Å². The second kappa shape index (κ2) is 4.49. The number of aryl methyl sites for hydroxylation is 1. The lowest BCUT2D eigenvalue weighted by Gasteiger charge is -2.24. The first-order valence-electron chi connectivity index (χ1n) is 5.03. The van der Waals surface area contributed by atoms with E-state index in [2.05, 4.69) is 0 Å². The summed E-state index contributed by atoms with van der Waals surface area (Å²) in [5.74, 6) is 0. The summed E-state index contributed by atoms with van der Waals surface area (Å²) in [7, 11) is 0. The number of carbonyl (C=O) groups excluding carboxylic acids is 1. The Kier molecular flexibility index (Phi) is 3.62. The molecule has 0 aliphatic carbocycles. The Labute approximate surface area is 97.1 Å². The van der Waals surface area contributed by atoms with Crippen LogP contribution in [0.5, 0.6) is 0 Å². The van der Waals surface area contributed by atoms with Crippen molar-refractivity contribution in [3.63, 3.8) is 0 Å². The van der Waals surface area contributed by atoms with Crippen molar-refractivity contribution in [2.24, 2.45) is 0 Å². The monoisotopic (exact) mass is 246 g/mol. The molecule has 1 aromatic rings. The molecule has 17 heavy (non-hydrogen) atoms. The minimum Gasteiger partial charge on any atom is -0.385 e. The maximum absolute atomic E-state index is 12.4. The number of benzene rings is 1. The van der Waals surface area contributed by atoms with Crippen molar-refractivity contribution in [2.75, 3.05) is 0 Å². The lowest BCUT2D eigenvalue weighted by atomic mass is 9.88. The zero-order valence-corrected chi connectivity index (χ0v) is 9.51. The Morgan fingerprint density at radius 2 is 1.94 bits per heavy atom. The van der Waals surface area contributed by atoms with E-state index in [-0.39, 0.29) is 6.42 Å². The van der Waals surface area contributed by atoms with Gasteiger partial charge in [0, 0.05) is 6.42 Å². The van der Waals surface area contributed by atoms with Crippen LogP contribution in [0.2, 0.25) is 0 Å². The molecular weight excluding hydrogens is 233 g/mol. The van der Waals surface area contributed by atoms with E-state index < -0.39 is 17.3 Å². The van der Waals surface area contributed by atoms with Gasteiger partial charge in [-0.15, -0.1) is 0 Å². The molecule has 0 saturated carbocycles. The lowest BCUT2D eigenvalue weighted by molar-refractivity contribution is -0.137. The molecule has 0 fully saturated rings. The molecule has 2 nitrogen and oxygen atoms in total. The number of aldehydes is 1. The van der Waals surface area contributed by atoms with E-state index in [0.29, 0.717) is 17.4 Å². The highest BCUT2D eigenvalue weighted by Crippen LogP contribution is 2.33. The molecule has 1 atom stereocenters. The summed E-state index contributed by atoms with van der Waals surface area (Å²) < 4.78 is 37.3. The van der Waals surface area contributed by atoms with Gasteiger partial charge < -0.3 is 9.90 Å². The number of hydrogen-bond donors (Lipinski definition) is 1. The van der Waals surface area contributed by atoms with Gasteiger partial charge in [-0.05, 0) is 37.1 Å². The first-order chi connectivity index (χ1) is 7.68. The van der Waals surface area contributed by atoms with Crippen LogP contribution in [0, 0.1) is 6.92 Å². The van der Waals surface area contributed by atoms with Crippen LogP contribution >= 0.6 is 0 Å². The van der Waals surface area contributed by atoms with Gasteiger partial charge in [0.25, 0.3) is 0 Å². The molecule has 0 aliphatic heterocycles. The smallest absolute Gasteiger partial charge is 0.385 e. The molecule has 0 spiro atoms. The Balaban J connectivity index is 3.18. The summed E-state index contributed by atoms with van der Waals surface area (Å²) in [6.07, 6.45) is -4.02. The van der Waals surface area contributed by atoms with Crippen molar-refractivity contribution in [1.82, 2.24) is 0 Å². The van der Waals surface area contributed by atoms with Crippen LogP contribution in [-0.4, -0.2) is 11.4 Å². The van der Waals surface area contributed by atoms with Crippen molar-refractivity contribution in [3.8, 4) is 0 Å². The molecule has 1 unspecified atom stereocenters. The van der Waals surface area contributed by atoms with Crippen molar-refractivity contribution in [3.05, 3.63) is 34.9 Å². The topological polar surface area (TPSA) is 37.3 Å². The molecule has 1 rings (SSSR count). The number of carbonyl (C=O) groups is 1. The summed E-state index contributed by atoms with van der Waals surface area (Å²) in [4.78, 5) is 10.4. The fourth-order valence-corrected chi connectivity index (χ4v) is 1.72. The van der Waals surface area contributed by atoms with Crippen LogP contribution in [0.25, 0.3) is 0 Å². The number of hydrogen-bond acceptors (Lipinski definition) is 2. The lowest BCUT2D eigenvalue weighted by Crippen LogP contribution is -2.23. The van der Waals surface area contributed by atoms with Crippen LogP contribution in [0.4, 0.5) is 13.2 Å². The Bertz CT molecular complexity index is 422. The van der Waals surface area contributed by atoms with Crippen LogP contribution in [0.1, 0.15) is 30.0 Å². The van der Waals surface area contributed by atoms with Crippen LogP contribution in [0.3, 0.4) is 0 Å². The summed E-state index contributed by atoms with van der Waals surface area (Å²) in [5.41, 5.74) is -1.55. The first kappa shape index (κ1) is 13.7. The third-order valence-electron chi connectivity index (χ3n) is 2.61. The zero-order chi connectivity index (χ0) is 13.3. The largest absolute Gasteiger partial charge is 0.416 e. The van der Waals surface area contributed by atoms with E-state index in [1.54, 1.807) is 0 Å². The van der Waals surface area contributed by atoms with Gasteiger partial charge in [-0.1, -0.05) is 6.07 Å². The van der Waals surface area contributed by atoms with Gasteiger partial charge in [-0.2, -0.15) is 13.2 Å².